The number of hydrogen-bond acceptors (Lipinski definition) is 3. The molecule has 1 aliphatic carbocycles. The molecule has 4 heteroatoms. The molecule has 1 fully saturated rings. The zero-order valence-corrected chi connectivity index (χ0v) is 22.4. The van der Waals surface area contributed by atoms with Gasteiger partial charge in [-0.15, -0.1) is 5.92 Å². The van der Waals surface area contributed by atoms with E-state index in [4.69, 9.17) is 15.0 Å². The van der Waals surface area contributed by atoms with E-state index in [1.807, 2.05) is 0 Å². The summed E-state index contributed by atoms with van der Waals surface area (Å²) in [6, 6.07) is 13.1. The molecule has 181 valence electrons. The van der Waals surface area contributed by atoms with E-state index in [0.29, 0.717) is 23.8 Å². The maximum absolute atomic E-state index is 5.12. The van der Waals surface area contributed by atoms with Gasteiger partial charge in [0.2, 0.25) is 0 Å². The van der Waals surface area contributed by atoms with Crippen molar-refractivity contribution in [2.24, 2.45) is 15.9 Å². The summed E-state index contributed by atoms with van der Waals surface area (Å²) in [5, 5.41) is 0. The molecule has 1 unspecified atom stereocenters. The summed E-state index contributed by atoms with van der Waals surface area (Å²) in [6.07, 6.45) is 7.59. The number of benzene rings is 1. The Hall–Kier alpha value is -1.78. The van der Waals surface area contributed by atoms with Crippen LogP contribution in [0.5, 0.6) is 0 Å². The number of hydrogen-bond donors (Lipinski definition) is 0. The van der Waals surface area contributed by atoms with E-state index in [0.717, 1.165) is 28.5 Å². The van der Waals surface area contributed by atoms with E-state index in [1.54, 1.807) is 0 Å². The maximum Gasteiger partial charge on any atom is 0.0849 e. The van der Waals surface area contributed by atoms with Gasteiger partial charge in [-0.25, -0.2) is 4.98 Å². The van der Waals surface area contributed by atoms with Crippen LogP contribution in [0.2, 0.25) is 0 Å². The Labute approximate surface area is 211 Å². The number of aliphatic imine (C=N–C) groups is 2. The van der Waals surface area contributed by atoms with Crippen molar-refractivity contribution in [3.05, 3.63) is 65.3 Å². The molecule has 0 saturated heterocycles. The van der Waals surface area contributed by atoms with Gasteiger partial charge in [0.25, 0.3) is 0 Å². The van der Waals surface area contributed by atoms with Crippen molar-refractivity contribution in [3.63, 3.8) is 0 Å². The van der Waals surface area contributed by atoms with Gasteiger partial charge in [-0.05, 0) is 55.9 Å². The molecular formula is C29H40CoN3-. The first-order valence-electron chi connectivity index (χ1n) is 12.3. The van der Waals surface area contributed by atoms with E-state index in [2.05, 4.69) is 91.3 Å². The molecule has 0 spiro atoms. The first kappa shape index (κ1) is 27.5. The molecule has 2 aromatic rings. The summed E-state index contributed by atoms with van der Waals surface area (Å²) >= 11 is 0. The number of nitrogens with zero attached hydrogens (tertiary/aromatic N) is 3. The molecule has 1 saturated carbocycles. The summed E-state index contributed by atoms with van der Waals surface area (Å²) in [4.78, 5) is 15.1. The molecule has 1 heterocycles. The topological polar surface area (TPSA) is 37.6 Å². The number of para-hydroxylation sites is 1. The molecule has 1 radical (unpaired) electrons. The van der Waals surface area contributed by atoms with Gasteiger partial charge in [-0.2, -0.15) is 6.42 Å². The summed E-state index contributed by atoms with van der Waals surface area (Å²) in [5.74, 6) is 1.44. The van der Waals surface area contributed by atoms with Crippen molar-refractivity contribution in [3.8, 4) is 0 Å². The average molecular weight is 490 g/mol. The largest absolute Gasteiger partial charge is 0.323 e. The first-order valence-corrected chi connectivity index (χ1v) is 12.3. The normalized spacial score (nSPS) is 18.4. The SMILES string of the molecule is CC(=Nc1c(C(C)C)cccc1C(C)C)c1cccc(C(C)=N[C@H](C)C2[CH-]CCCC2)n1.[Co]. The minimum absolute atomic E-state index is 0. The van der Waals surface area contributed by atoms with Gasteiger partial charge in [-0.3, -0.25) is 9.98 Å². The van der Waals surface area contributed by atoms with Gasteiger partial charge in [-0.1, -0.05) is 71.2 Å². The van der Waals surface area contributed by atoms with Crippen molar-refractivity contribution >= 4 is 17.1 Å². The summed E-state index contributed by atoms with van der Waals surface area (Å²) in [6.45, 7) is 15.3. The van der Waals surface area contributed by atoms with Gasteiger partial charge in [0.1, 0.15) is 0 Å². The molecule has 0 bridgehead atoms. The second kappa shape index (κ2) is 12.6. The van der Waals surface area contributed by atoms with Crippen LogP contribution in [0.1, 0.15) is 109 Å². The molecule has 1 aromatic carbocycles. The molecular weight excluding hydrogens is 449 g/mol. The van der Waals surface area contributed by atoms with E-state index < -0.39 is 0 Å². The third kappa shape index (κ3) is 7.10. The molecule has 3 rings (SSSR count). The Morgan fingerprint density at radius 2 is 1.45 bits per heavy atom. The smallest absolute Gasteiger partial charge is 0.0849 e. The van der Waals surface area contributed by atoms with E-state index in [-0.39, 0.29) is 16.8 Å². The molecule has 0 N–H and O–H groups in total. The molecule has 33 heavy (non-hydrogen) atoms. The van der Waals surface area contributed by atoms with Crippen molar-refractivity contribution in [1.82, 2.24) is 4.98 Å². The van der Waals surface area contributed by atoms with Crippen LogP contribution in [0.25, 0.3) is 0 Å². The average Bonchev–Trinajstić information content (AvgIpc) is 2.79. The van der Waals surface area contributed by atoms with E-state index >= 15 is 0 Å². The van der Waals surface area contributed by atoms with E-state index in [1.165, 1.54) is 36.8 Å². The Morgan fingerprint density at radius 1 is 0.879 bits per heavy atom. The molecule has 1 aromatic heterocycles. The van der Waals surface area contributed by atoms with Crippen LogP contribution >= 0.6 is 0 Å². The Kier molecular flexibility index (Phi) is 10.5. The summed E-state index contributed by atoms with van der Waals surface area (Å²) in [5.41, 5.74) is 7.51. The number of pyridine rings is 1. The molecule has 1 aliphatic rings. The zero-order chi connectivity index (χ0) is 23.3. The van der Waals surface area contributed by atoms with Crippen LogP contribution in [-0.4, -0.2) is 22.4 Å². The third-order valence-electron chi connectivity index (χ3n) is 6.59. The van der Waals surface area contributed by atoms with Crippen molar-refractivity contribution in [2.75, 3.05) is 0 Å². The fourth-order valence-electron chi connectivity index (χ4n) is 4.58. The van der Waals surface area contributed by atoms with Gasteiger partial charge in [0, 0.05) is 22.8 Å². The van der Waals surface area contributed by atoms with Crippen LogP contribution in [0.3, 0.4) is 0 Å². The van der Waals surface area contributed by atoms with Gasteiger partial charge in [0.15, 0.2) is 0 Å². The van der Waals surface area contributed by atoms with Crippen LogP contribution in [0.15, 0.2) is 46.4 Å². The van der Waals surface area contributed by atoms with Crippen LogP contribution in [-0.2, 0) is 16.8 Å². The first-order chi connectivity index (χ1) is 15.3. The second-order valence-corrected chi connectivity index (χ2v) is 9.84. The quantitative estimate of drug-likeness (QED) is 0.286. The van der Waals surface area contributed by atoms with Gasteiger partial charge >= 0.3 is 0 Å². The molecule has 0 aliphatic heterocycles. The predicted octanol–water partition coefficient (Wildman–Crippen LogP) is 8.06. The minimum Gasteiger partial charge on any atom is -0.323 e. The van der Waals surface area contributed by atoms with Crippen LogP contribution in [0, 0.1) is 12.3 Å². The van der Waals surface area contributed by atoms with E-state index in [9.17, 15) is 0 Å². The fourth-order valence-corrected chi connectivity index (χ4v) is 4.58. The van der Waals surface area contributed by atoms with Crippen molar-refractivity contribution < 1.29 is 16.8 Å². The van der Waals surface area contributed by atoms with Crippen molar-refractivity contribution in [2.45, 2.75) is 92.0 Å². The zero-order valence-electron chi connectivity index (χ0n) is 21.4. The van der Waals surface area contributed by atoms with Gasteiger partial charge in [0.05, 0.1) is 28.5 Å². The monoisotopic (exact) mass is 489 g/mol. The predicted molar refractivity (Wildman–Crippen MR) is 139 cm³/mol. The minimum atomic E-state index is 0. The van der Waals surface area contributed by atoms with Crippen LogP contribution < -0.4 is 0 Å². The molecule has 2 atom stereocenters. The Morgan fingerprint density at radius 3 is 2.00 bits per heavy atom. The Bertz CT molecular complexity index is 942. The molecule has 0 amide bonds. The summed E-state index contributed by atoms with van der Waals surface area (Å²) in [7, 11) is 0. The van der Waals surface area contributed by atoms with Crippen molar-refractivity contribution in [1.29, 1.82) is 0 Å². The third-order valence-corrected chi connectivity index (χ3v) is 6.59. The number of rotatable bonds is 7. The standard InChI is InChI=1S/C29H40N3.Co/c1-19(2)25-15-11-16-26(20(3)4)29(25)31-23(7)28-18-12-17-27(32-28)22(6)30-21(5)24-13-9-8-10-14-24;/h11-13,15-21,24H,8-10,14H2,1-7H3;/q-1;/t21-,24?;/m1./s1. The number of aromatic nitrogens is 1. The Balaban J connectivity index is 0.00000385. The molecule has 3 nitrogen and oxygen atoms in total. The fraction of sp³-hybridized carbons (Fsp3) is 0.517. The van der Waals surface area contributed by atoms with Gasteiger partial charge < -0.3 is 6.42 Å². The van der Waals surface area contributed by atoms with Crippen LogP contribution in [0.4, 0.5) is 5.69 Å². The summed E-state index contributed by atoms with van der Waals surface area (Å²) < 4.78 is 0. The maximum atomic E-state index is 5.12. The second-order valence-electron chi connectivity index (χ2n) is 9.84.